The first kappa shape index (κ1) is 30.6. The van der Waals surface area contributed by atoms with Gasteiger partial charge in [0.1, 0.15) is 5.75 Å². The molecule has 3 aliphatic carbocycles. The normalized spacial score (nSPS) is 29.7. The molecule has 14 heteroatoms. The molecule has 0 spiro atoms. The number of rotatable bonds is 7. The van der Waals surface area contributed by atoms with Crippen LogP contribution in [0.2, 0.25) is 0 Å². The summed E-state index contributed by atoms with van der Waals surface area (Å²) in [7, 11) is 6.36. The third kappa shape index (κ3) is 4.91. The number of fused-ring (bicyclic) bond motifs is 3. The van der Waals surface area contributed by atoms with Crippen LogP contribution >= 0.6 is 0 Å². The number of carbonyl (C=O) groups excluding carboxylic acids is 5. The maximum absolute atomic E-state index is 13.9. The largest absolute Gasteiger partial charge is 0.507 e. The minimum absolute atomic E-state index is 0.0781. The second-order valence-electron chi connectivity index (χ2n) is 11.5. The number of amides is 1. The smallest absolute Gasteiger partial charge is 0.390 e. The molecule has 1 aromatic rings. The molecule has 3 aliphatic rings. The predicted molar refractivity (Wildman–Crippen MR) is 138 cm³/mol. The Morgan fingerprint density at radius 3 is 2.32 bits per heavy atom. The summed E-state index contributed by atoms with van der Waals surface area (Å²) in [5, 5.41) is 25.4. The number of primary amides is 1. The Morgan fingerprint density at radius 2 is 1.78 bits per heavy atom. The van der Waals surface area contributed by atoms with Crippen molar-refractivity contribution in [3.05, 3.63) is 22.8 Å². The number of anilines is 1. The first-order valence-corrected chi connectivity index (χ1v) is 13.1. The zero-order valence-electron chi connectivity index (χ0n) is 23.0. The number of nitrogens with two attached hydrogens (primary N) is 1. The number of benzene rings is 1. The lowest BCUT2D eigenvalue weighted by atomic mass is 9.52. The van der Waals surface area contributed by atoms with Crippen LogP contribution < -0.4 is 16.0 Å². The van der Waals surface area contributed by atoms with E-state index in [1.807, 2.05) is 0 Å². The fourth-order valence-electron chi connectivity index (χ4n) is 6.69. The monoisotopic (exact) mass is 582 g/mol. The van der Waals surface area contributed by atoms with Gasteiger partial charge in [0.2, 0.25) is 5.91 Å². The van der Waals surface area contributed by atoms with Gasteiger partial charge in [0, 0.05) is 44.4 Å². The van der Waals surface area contributed by atoms with E-state index in [1.165, 1.54) is 19.0 Å². The van der Waals surface area contributed by atoms with Crippen molar-refractivity contribution in [1.82, 2.24) is 10.2 Å². The zero-order valence-corrected chi connectivity index (χ0v) is 23.0. The van der Waals surface area contributed by atoms with Gasteiger partial charge in [-0.3, -0.25) is 28.9 Å². The summed E-state index contributed by atoms with van der Waals surface area (Å²) in [5.41, 5.74) is 3.30. The van der Waals surface area contributed by atoms with E-state index in [4.69, 9.17) is 5.73 Å². The van der Waals surface area contributed by atoms with Crippen LogP contribution in [0.5, 0.6) is 5.75 Å². The van der Waals surface area contributed by atoms with Crippen molar-refractivity contribution in [2.75, 3.05) is 39.6 Å². The quantitative estimate of drug-likeness (QED) is 0.253. The molecule has 4 rings (SSSR count). The van der Waals surface area contributed by atoms with Crippen LogP contribution in [0, 0.1) is 23.7 Å². The van der Waals surface area contributed by atoms with Gasteiger partial charge in [0.25, 0.3) is 0 Å². The minimum atomic E-state index is -4.38. The van der Waals surface area contributed by atoms with E-state index in [-0.39, 0.29) is 30.5 Å². The van der Waals surface area contributed by atoms with Crippen molar-refractivity contribution in [2.24, 2.45) is 29.4 Å². The Kier molecular flexibility index (Phi) is 7.82. The Morgan fingerprint density at radius 1 is 1.15 bits per heavy atom. The van der Waals surface area contributed by atoms with Gasteiger partial charge in [0.15, 0.2) is 34.7 Å². The van der Waals surface area contributed by atoms with Crippen molar-refractivity contribution >= 4 is 34.7 Å². The number of halogens is 3. The van der Waals surface area contributed by atoms with Gasteiger partial charge in [-0.1, -0.05) is 0 Å². The molecular formula is C27H33F3N4O7. The molecule has 41 heavy (non-hydrogen) atoms. The fraction of sp³-hybridized carbons (Fsp3) is 0.593. The molecule has 2 saturated carbocycles. The molecule has 1 aromatic carbocycles. The number of aromatic hydroxyl groups is 1. The Bertz CT molecular complexity index is 1330. The van der Waals surface area contributed by atoms with E-state index in [1.54, 1.807) is 25.1 Å². The summed E-state index contributed by atoms with van der Waals surface area (Å²) < 4.78 is 37.7. The van der Waals surface area contributed by atoms with Crippen LogP contribution in [0.4, 0.5) is 18.9 Å². The molecule has 0 aliphatic heterocycles. The molecule has 6 atom stereocenters. The van der Waals surface area contributed by atoms with Crippen LogP contribution in [0.15, 0.2) is 6.07 Å². The lowest BCUT2D eigenvalue weighted by Gasteiger charge is -2.52. The third-order valence-corrected chi connectivity index (χ3v) is 8.50. The van der Waals surface area contributed by atoms with Crippen molar-refractivity contribution in [3.8, 4) is 5.75 Å². The summed E-state index contributed by atoms with van der Waals surface area (Å²) in [6.45, 7) is -0.638. The molecular weight excluding hydrogens is 549 g/mol. The molecule has 2 fully saturated rings. The summed E-state index contributed by atoms with van der Waals surface area (Å²) in [5.74, 6) is -11.7. The highest BCUT2D eigenvalue weighted by Gasteiger charge is 2.69. The number of ketones is 4. The fourth-order valence-corrected chi connectivity index (χ4v) is 6.69. The van der Waals surface area contributed by atoms with E-state index in [0.29, 0.717) is 11.3 Å². The SMILES string of the molecule is CN(C)c1cc(CNCCC(F)(F)F)c(O)c2c1C[C@H]1C[C@H]3[C@H](N(C)C)C(=O)C(C(N)=O)C(=O)[C@@]3(O)C(=O)C1C2=O. The average Bonchev–Trinajstić information content (AvgIpc) is 2.83. The number of Topliss-reactive ketones (excluding diaryl/α,β-unsaturated/α-hetero) is 4. The van der Waals surface area contributed by atoms with Crippen LogP contribution in [-0.4, -0.2) is 96.7 Å². The number of carbonyl (C=O) groups is 5. The number of phenolic OH excluding ortho intramolecular Hbond substituents is 1. The number of aliphatic hydroxyl groups is 1. The van der Waals surface area contributed by atoms with Crippen LogP contribution in [0.1, 0.15) is 34.3 Å². The molecule has 0 aromatic heterocycles. The van der Waals surface area contributed by atoms with Gasteiger partial charge in [-0.25, -0.2) is 0 Å². The number of alkyl halides is 3. The van der Waals surface area contributed by atoms with Crippen molar-refractivity contribution < 1.29 is 47.4 Å². The number of nitrogens with zero attached hydrogens (tertiary/aromatic N) is 2. The first-order valence-electron chi connectivity index (χ1n) is 13.1. The number of phenols is 1. The van der Waals surface area contributed by atoms with Gasteiger partial charge in [0.05, 0.1) is 23.9 Å². The number of hydrogen-bond acceptors (Lipinski definition) is 10. The average molecular weight is 583 g/mol. The number of nitrogens with one attached hydrogen (secondary N) is 1. The molecule has 5 N–H and O–H groups in total. The zero-order chi connectivity index (χ0) is 30.8. The van der Waals surface area contributed by atoms with E-state index < -0.39 is 89.2 Å². The van der Waals surface area contributed by atoms with E-state index >= 15 is 0 Å². The molecule has 1 amide bonds. The summed E-state index contributed by atoms with van der Waals surface area (Å²) in [6.07, 6.45) is -5.50. The van der Waals surface area contributed by atoms with E-state index in [9.17, 15) is 47.4 Å². The third-order valence-electron chi connectivity index (χ3n) is 8.50. The highest BCUT2D eigenvalue weighted by atomic mass is 19.4. The maximum atomic E-state index is 13.9. The highest BCUT2D eigenvalue weighted by Crippen LogP contribution is 2.52. The van der Waals surface area contributed by atoms with Crippen LogP contribution in [-0.2, 0) is 32.1 Å². The van der Waals surface area contributed by atoms with Gasteiger partial charge >= 0.3 is 6.18 Å². The lowest BCUT2D eigenvalue weighted by molar-refractivity contribution is -0.181. The molecule has 0 bridgehead atoms. The molecule has 0 heterocycles. The second-order valence-corrected chi connectivity index (χ2v) is 11.5. The van der Waals surface area contributed by atoms with Crippen LogP contribution in [0.3, 0.4) is 0 Å². The molecule has 2 unspecified atom stereocenters. The Labute approximate surface area is 233 Å². The highest BCUT2D eigenvalue weighted by molar-refractivity contribution is 6.32. The van der Waals surface area contributed by atoms with Crippen molar-refractivity contribution in [3.63, 3.8) is 0 Å². The molecule has 224 valence electrons. The molecule has 11 nitrogen and oxygen atoms in total. The van der Waals surface area contributed by atoms with Gasteiger partial charge < -0.3 is 26.2 Å². The van der Waals surface area contributed by atoms with Crippen molar-refractivity contribution in [2.45, 2.75) is 43.6 Å². The molecule has 0 saturated heterocycles. The first-order chi connectivity index (χ1) is 18.9. The van der Waals surface area contributed by atoms with E-state index in [2.05, 4.69) is 5.32 Å². The maximum Gasteiger partial charge on any atom is 0.390 e. The summed E-state index contributed by atoms with van der Waals surface area (Å²) >= 11 is 0. The van der Waals surface area contributed by atoms with Gasteiger partial charge in [-0.15, -0.1) is 0 Å². The van der Waals surface area contributed by atoms with E-state index in [0.717, 1.165) is 0 Å². The molecule has 0 radical (unpaired) electrons. The standard InChI is InChI=1S/C27H33F3N4O7/c1-33(2)15-9-12(10-32-6-5-26(28,29)30)20(35)17-13(15)7-11-8-14-19(34(3)4)22(37)18(25(31)40)24(39)27(14,41)23(38)16(11)21(17)36/h9,11,14,16,18-19,32,35,41H,5-8,10H2,1-4H3,(H2,31,40)/t11-,14-,16?,18?,19-,27-/m0/s1. The summed E-state index contributed by atoms with van der Waals surface area (Å²) in [4.78, 5) is 69.5. The summed E-state index contributed by atoms with van der Waals surface area (Å²) in [6, 6.07) is 0.348. The van der Waals surface area contributed by atoms with Crippen LogP contribution in [0.25, 0.3) is 0 Å². The Balaban J connectivity index is 1.79. The topological polar surface area (TPSA) is 170 Å². The lowest BCUT2D eigenvalue weighted by Crippen LogP contribution is -2.74. The Hall–Kier alpha value is -3.36. The number of likely N-dealkylation sites (N-methyl/N-ethyl adjacent to an activating group) is 1. The van der Waals surface area contributed by atoms with Gasteiger partial charge in [-0.05, 0) is 44.5 Å². The second kappa shape index (κ2) is 10.5. The minimum Gasteiger partial charge on any atom is -0.507 e. The van der Waals surface area contributed by atoms with Crippen molar-refractivity contribution in [1.29, 1.82) is 0 Å². The van der Waals surface area contributed by atoms with Gasteiger partial charge in [-0.2, -0.15) is 13.2 Å². The predicted octanol–water partition coefficient (Wildman–Crippen LogP) is -0.0250. The number of hydrogen-bond donors (Lipinski definition) is 4.